The number of nitrogens with zero attached hydrogens (tertiary/aromatic N) is 7. The molecule has 0 unspecified atom stereocenters. The van der Waals surface area contributed by atoms with Crippen molar-refractivity contribution in [1.82, 2.24) is 24.7 Å². The summed E-state index contributed by atoms with van der Waals surface area (Å²) in [7, 11) is 3.65. The van der Waals surface area contributed by atoms with E-state index in [-0.39, 0.29) is 11.6 Å². The first-order chi connectivity index (χ1) is 10.5. The van der Waals surface area contributed by atoms with Crippen LogP contribution in [0.1, 0.15) is 0 Å². The molecule has 3 heterocycles. The Balaban J connectivity index is 2.04. The van der Waals surface area contributed by atoms with Crippen molar-refractivity contribution in [2.75, 3.05) is 14.1 Å². The van der Waals surface area contributed by atoms with Gasteiger partial charge in [-0.15, -0.1) is 10.2 Å². The summed E-state index contributed by atoms with van der Waals surface area (Å²) >= 11 is 0. The molecule has 0 aromatic carbocycles. The maximum absolute atomic E-state index is 10.7. The fraction of sp³-hybridized carbons (Fsp3) is 0.167. The van der Waals surface area contributed by atoms with Crippen LogP contribution in [0.25, 0.3) is 17.1 Å². The molecule has 0 aliphatic rings. The zero-order valence-electron chi connectivity index (χ0n) is 11.7. The Kier molecular flexibility index (Phi) is 3.26. The average molecular weight is 301 g/mol. The van der Waals surface area contributed by atoms with Crippen LogP contribution in [0, 0.1) is 10.1 Å². The highest BCUT2D eigenvalue weighted by atomic mass is 16.6. The van der Waals surface area contributed by atoms with E-state index in [4.69, 9.17) is 4.42 Å². The smallest absolute Gasteiger partial charge is 0.399 e. The first kappa shape index (κ1) is 13.7. The summed E-state index contributed by atoms with van der Waals surface area (Å²) in [5, 5.41) is 22.8. The number of aromatic nitrogens is 4. The van der Waals surface area contributed by atoms with Gasteiger partial charge in [-0.05, 0) is 18.2 Å². The maximum atomic E-state index is 10.7. The summed E-state index contributed by atoms with van der Waals surface area (Å²) in [4.78, 5) is 16.0. The molecule has 22 heavy (non-hydrogen) atoms. The molecule has 3 aromatic heterocycles. The molecule has 0 saturated carbocycles. The van der Waals surface area contributed by atoms with Crippen LogP contribution in [0.4, 0.5) is 11.8 Å². The van der Waals surface area contributed by atoms with Crippen molar-refractivity contribution < 1.29 is 9.34 Å². The zero-order valence-corrected chi connectivity index (χ0v) is 11.7. The number of hydrogen-bond acceptors (Lipinski definition) is 7. The van der Waals surface area contributed by atoms with Crippen molar-refractivity contribution in [1.29, 1.82) is 0 Å². The van der Waals surface area contributed by atoms with E-state index >= 15 is 0 Å². The van der Waals surface area contributed by atoms with Crippen LogP contribution in [-0.2, 0) is 0 Å². The van der Waals surface area contributed by atoms with Crippen molar-refractivity contribution in [3.8, 4) is 11.5 Å². The minimum absolute atomic E-state index is 0.282. The van der Waals surface area contributed by atoms with Crippen LogP contribution in [0.15, 0.2) is 33.7 Å². The topological polar surface area (TPSA) is 115 Å². The molecule has 0 fully saturated rings. The molecule has 3 aromatic rings. The average Bonchev–Trinajstić information content (AvgIpc) is 3.11. The van der Waals surface area contributed by atoms with Gasteiger partial charge in [0.15, 0.2) is 11.4 Å². The molecule has 112 valence electrons. The monoisotopic (exact) mass is 301 g/mol. The lowest BCUT2D eigenvalue weighted by atomic mass is 10.3. The Morgan fingerprint density at radius 2 is 2.14 bits per heavy atom. The fourth-order valence-electron chi connectivity index (χ4n) is 1.72. The van der Waals surface area contributed by atoms with Gasteiger partial charge in [-0.3, -0.25) is 10.1 Å². The predicted molar refractivity (Wildman–Crippen MR) is 77.0 cm³/mol. The van der Waals surface area contributed by atoms with Crippen molar-refractivity contribution >= 4 is 23.8 Å². The minimum atomic E-state index is -0.604. The third-order valence-corrected chi connectivity index (χ3v) is 2.67. The fourth-order valence-corrected chi connectivity index (χ4v) is 1.72. The molecule has 0 bridgehead atoms. The van der Waals surface area contributed by atoms with Gasteiger partial charge in [-0.1, -0.05) is 0 Å². The largest absolute Gasteiger partial charge is 0.433 e. The van der Waals surface area contributed by atoms with E-state index in [9.17, 15) is 10.1 Å². The summed E-state index contributed by atoms with van der Waals surface area (Å²) in [5.74, 6) is 0.239. The van der Waals surface area contributed by atoms with E-state index in [0.29, 0.717) is 17.3 Å². The van der Waals surface area contributed by atoms with E-state index in [2.05, 4.69) is 20.3 Å². The van der Waals surface area contributed by atoms with Crippen molar-refractivity contribution in [2.24, 2.45) is 4.99 Å². The lowest BCUT2D eigenvalue weighted by Gasteiger charge is -2.01. The number of aliphatic imine (C=N–C) groups is 1. The zero-order chi connectivity index (χ0) is 15.7. The van der Waals surface area contributed by atoms with Gasteiger partial charge in [0.1, 0.15) is 10.6 Å². The van der Waals surface area contributed by atoms with Crippen LogP contribution >= 0.6 is 0 Å². The minimum Gasteiger partial charge on any atom is -0.399 e. The molecular weight excluding hydrogens is 290 g/mol. The van der Waals surface area contributed by atoms with Gasteiger partial charge >= 0.3 is 5.88 Å². The molecule has 0 saturated heterocycles. The van der Waals surface area contributed by atoms with E-state index in [0.717, 1.165) is 0 Å². The quantitative estimate of drug-likeness (QED) is 0.310. The second-order valence-corrected chi connectivity index (χ2v) is 4.59. The van der Waals surface area contributed by atoms with Crippen molar-refractivity contribution in [3.63, 3.8) is 0 Å². The van der Waals surface area contributed by atoms with Crippen LogP contribution < -0.4 is 0 Å². The van der Waals surface area contributed by atoms with Crippen LogP contribution in [0.3, 0.4) is 0 Å². The van der Waals surface area contributed by atoms with E-state index in [1.807, 2.05) is 14.1 Å². The Labute approximate surface area is 123 Å². The van der Waals surface area contributed by atoms with Gasteiger partial charge in [0.05, 0.1) is 12.4 Å². The highest BCUT2D eigenvalue weighted by molar-refractivity contribution is 5.60. The van der Waals surface area contributed by atoms with Gasteiger partial charge < -0.3 is 9.32 Å². The highest BCUT2D eigenvalue weighted by Gasteiger charge is 2.15. The summed E-state index contributed by atoms with van der Waals surface area (Å²) in [5.41, 5.74) is 0.928. The van der Waals surface area contributed by atoms with Crippen molar-refractivity contribution in [2.45, 2.75) is 0 Å². The van der Waals surface area contributed by atoms with Gasteiger partial charge in [-0.2, -0.15) is 9.61 Å². The predicted octanol–water partition coefficient (Wildman–Crippen LogP) is 1.51. The second-order valence-electron chi connectivity index (χ2n) is 4.59. The lowest BCUT2D eigenvalue weighted by molar-refractivity contribution is -0.401. The molecule has 3 rings (SSSR count). The van der Waals surface area contributed by atoms with E-state index in [1.54, 1.807) is 23.4 Å². The van der Waals surface area contributed by atoms with Crippen LogP contribution in [-0.4, -0.2) is 50.1 Å². The highest BCUT2D eigenvalue weighted by Crippen LogP contribution is 2.25. The first-order valence-electron chi connectivity index (χ1n) is 6.22. The van der Waals surface area contributed by atoms with Gasteiger partial charge in [0.25, 0.3) is 5.95 Å². The normalized spacial score (nSPS) is 11.4. The molecule has 0 aliphatic heterocycles. The number of fused-ring (bicyclic) bond motifs is 1. The third-order valence-electron chi connectivity index (χ3n) is 2.67. The van der Waals surface area contributed by atoms with E-state index in [1.165, 1.54) is 16.6 Å². The summed E-state index contributed by atoms with van der Waals surface area (Å²) < 4.78 is 6.57. The van der Waals surface area contributed by atoms with Gasteiger partial charge in [0.2, 0.25) is 0 Å². The Bertz CT molecular complexity index is 865. The van der Waals surface area contributed by atoms with Crippen LogP contribution in [0.2, 0.25) is 0 Å². The second kappa shape index (κ2) is 5.24. The molecule has 0 spiro atoms. The Morgan fingerprint density at radius 3 is 2.82 bits per heavy atom. The number of rotatable bonds is 4. The van der Waals surface area contributed by atoms with E-state index < -0.39 is 4.92 Å². The molecule has 0 amide bonds. The molecule has 0 radical (unpaired) electrons. The number of furan rings is 1. The Morgan fingerprint density at radius 1 is 1.32 bits per heavy atom. The summed E-state index contributed by atoms with van der Waals surface area (Å²) in [6.45, 7) is 0. The summed E-state index contributed by atoms with van der Waals surface area (Å²) in [6.07, 6.45) is 1.57. The lowest BCUT2D eigenvalue weighted by Crippen LogP contribution is -2.07. The Hall–Kier alpha value is -3.30. The van der Waals surface area contributed by atoms with Crippen molar-refractivity contribution in [3.05, 3.63) is 34.4 Å². The summed E-state index contributed by atoms with van der Waals surface area (Å²) in [6, 6.07) is 6.09. The SMILES string of the molecule is CN(C)C=Nc1nnc2ccc(-c3ccc([N+](=O)[O-])o3)nn12. The number of nitro groups is 1. The molecule has 10 heteroatoms. The first-order valence-corrected chi connectivity index (χ1v) is 6.22. The number of hydrogen-bond donors (Lipinski definition) is 0. The van der Waals surface area contributed by atoms with Crippen LogP contribution in [0.5, 0.6) is 0 Å². The molecule has 0 N–H and O–H groups in total. The standard InChI is InChI=1S/C12H11N7O3/c1-17(2)7-13-12-15-14-10-5-3-8(16-18(10)12)9-4-6-11(22-9)19(20)21/h3-7H,1-2H3. The van der Waals surface area contributed by atoms with Gasteiger partial charge in [0, 0.05) is 14.1 Å². The molecule has 0 aliphatic carbocycles. The molecule has 0 atom stereocenters. The maximum Gasteiger partial charge on any atom is 0.433 e. The molecular formula is C12H11N7O3. The third kappa shape index (κ3) is 2.49. The molecule has 10 nitrogen and oxygen atoms in total. The van der Waals surface area contributed by atoms with Gasteiger partial charge in [-0.25, -0.2) is 4.99 Å².